The largest absolute Gasteiger partial charge is 0.307 e. The average Bonchev–Trinajstić information content (AvgIpc) is 3.07. The zero-order chi connectivity index (χ0) is 20.5. The maximum atomic E-state index is 13.1. The Kier molecular flexibility index (Phi) is 5.02. The first-order chi connectivity index (χ1) is 13.9. The molecule has 1 amide bonds. The van der Waals surface area contributed by atoms with Crippen molar-refractivity contribution in [1.82, 2.24) is 14.7 Å². The summed E-state index contributed by atoms with van der Waals surface area (Å²) >= 11 is 0. The number of rotatable bonds is 4. The van der Waals surface area contributed by atoms with E-state index in [1.54, 1.807) is 18.2 Å². The van der Waals surface area contributed by atoms with E-state index in [0.717, 1.165) is 31.6 Å². The minimum absolute atomic E-state index is 0.103. The lowest BCUT2D eigenvalue weighted by atomic mass is 10.0. The molecule has 2 aromatic carbocycles. The number of nitrogens with zero attached hydrogens (tertiary/aromatic N) is 4. The predicted octanol–water partition coefficient (Wildman–Crippen LogP) is 3.77. The van der Waals surface area contributed by atoms with Gasteiger partial charge in [0.15, 0.2) is 0 Å². The Morgan fingerprint density at radius 1 is 1.21 bits per heavy atom. The summed E-state index contributed by atoms with van der Waals surface area (Å²) in [6, 6.07) is 12.1. The number of hydrogen-bond donors (Lipinski definition) is 1. The molecule has 1 aromatic heterocycles. The highest BCUT2D eigenvalue weighted by Crippen LogP contribution is 2.28. The summed E-state index contributed by atoms with van der Waals surface area (Å²) in [4.78, 5) is 26.2. The van der Waals surface area contributed by atoms with Crippen LogP contribution in [0.4, 0.5) is 11.5 Å². The molecule has 1 aliphatic heterocycles. The molecular formula is C21H23N5O3. The molecule has 4 rings (SSSR count). The Bertz CT molecular complexity index is 1080. The summed E-state index contributed by atoms with van der Waals surface area (Å²) in [5, 5.41) is 20.2. The predicted molar refractivity (Wildman–Crippen MR) is 111 cm³/mol. The zero-order valence-corrected chi connectivity index (χ0v) is 16.5. The second-order valence-corrected chi connectivity index (χ2v) is 7.58. The summed E-state index contributed by atoms with van der Waals surface area (Å²) in [5.41, 5.74) is 1.00. The van der Waals surface area contributed by atoms with Gasteiger partial charge in [0, 0.05) is 18.2 Å². The normalized spacial score (nSPS) is 15.5. The van der Waals surface area contributed by atoms with Crippen LogP contribution in [-0.2, 0) is 0 Å². The lowest BCUT2D eigenvalue weighted by Crippen LogP contribution is -2.32. The molecule has 0 radical (unpaired) electrons. The number of aromatic nitrogens is 2. The Morgan fingerprint density at radius 2 is 1.93 bits per heavy atom. The summed E-state index contributed by atoms with van der Waals surface area (Å²) in [7, 11) is 2.10. The van der Waals surface area contributed by atoms with Crippen LogP contribution in [0.3, 0.4) is 0 Å². The van der Waals surface area contributed by atoms with Crippen molar-refractivity contribution in [3.8, 4) is 0 Å². The van der Waals surface area contributed by atoms with Crippen molar-refractivity contribution >= 4 is 28.2 Å². The van der Waals surface area contributed by atoms with Gasteiger partial charge in [-0.1, -0.05) is 24.3 Å². The van der Waals surface area contributed by atoms with Crippen LogP contribution in [0.1, 0.15) is 34.9 Å². The van der Waals surface area contributed by atoms with E-state index < -0.39 is 4.92 Å². The number of non-ortho nitro benzene ring substituents is 1. The van der Waals surface area contributed by atoms with Crippen molar-refractivity contribution in [1.29, 1.82) is 0 Å². The molecule has 0 saturated carbocycles. The summed E-state index contributed by atoms with van der Waals surface area (Å²) in [6.07, 6.45) is 1.92. The molecule has 1 saturated heterocycles. The summed E-state index contributed by atoms with van der Waals surface area (Å²) in [5.74, 6) is 0.247. The molecule has 29 heavy (non-hydrogen) atoms. The third kappa shape index (κ3) is 3.84. The van der Waals surface area contributed by atoms with Gasteiger partial charge in [-0.15, -0.1) is 0 Å². The van der Waals surface area contributed by atoms with E-state index in [9.17, 15) is 14.9 Å². The average molecular weight is 393 g/mol. The van der Waals surface area contributed by atoms with Crippen LogP contribution in [-0.4, -0.2) is 45.6 Å². The fourth-order valence-electron chi connectivity index (χ4n) is 3.90. The number of nitrogens with one attached hydrogen (secondary N) is 1. The van der Waals surface area contributed by atoms with Crippen LogP contribution in [0.5, 0.6) is 0 Å². The first kappa shape index (κ1) is 19.1. The number of fused-ring (bicyclic) bond motifs is 1. The molecule has 0 bridgehead atoms. The Hall–Kier alpha value is -3.26. The van der Waals surface area contributed by atoms with Gasteiger partial charge < -0.3 is 10.2 Å². The third-order valence-electron chi connectivity index (χ3n) is 5.44. The maximum Gasteiger partial charge on any atom is 0.270 e. The Labute approximate surface area is 168 Å². The number of benzene rings is 2. The van der Waals surface area contributed by atoms with Gasteiger partial charge in [-0.25, -0.2) is 4.68 Å². The third-order valence-corrected chi connectivity index (χ3v) is 5.44. The summed E-state index contributed by atoms with van der Waals surface area (Å²) in [6.45, 7) is 3.85. The van der Waals surface area contributed by atoms with E-state index in [1.807, 2.05) is 23.7 Å². The van der Waals surface area contributed by atoms with Crippen LogP contribution in [0.25, 0.3) is 10.8 Å². The molecule has 0 aliphatic carbocycles. The number of aryl methyl sites for hydroxylation is 1. The van der Waals surface area contributed by atoms with Crippen LogP contribution in [0.15, 0.2) is 42.5 Å². The number of nitro benzene ring substituents is 1. The molecule has 150 valence electrons. The first-order valence-electron chi connectivity index (χ1n) is 9.65. The zero-order valence-electron chi connectivity index (χ0n) is 16.5. The molecule has 1 aliphatic rings. The highest BCUT2D eigenvalue weighted by molar-refractivity contribution is 6.13. The number of hydrogen-bond acceptors (Lipinski definition) is 5. The van der Waals surface area contributed by atoms with Crippen molar-refractivity contribution in [2.24, 2.45) is 0 Å². The van der Waals surface area contributed by atoms with Gasteiger partial charge in [0.05, 0.1) is 22.2 Å². The second kappa shape index (κ2) is 7.63. The lowest BCUT2D eigenvalue weighted by Gasteiger charge is -2.30. The number of nitro groups is 1. The van der Waals surface area contributed by atoms with Crippen LogP contribution >= 0.6 is 0 Å². The van der Waals surface area contributed by atoms with Crippen molar-refractivity contribution < 1.29 is 9.72 Å². The van der Waals surface area contributed by atoms with Crippen LogP contribution in [0, 0.1) is 17.0 Å². The number of likely N-dealkylation sites (tertiary alicyclic amines) is 1. The highest BCUT2D eigenvalue weighted by Gasteiger charge is 2.23. The molecular weight excluding hydrogens is 370 g/mol. The smallest absolute Gasteiger partial charge is 0.270 e. The monoisotopic (exact) mass is 393 g/mol. The number of amides is 1. The molecule has 0 unspecified atom stereocenters. The molecule has 0 spiro atoms. The molecule has 2 heterocycles. The molecule has 1 fully saturated rings. The van der Waals surface area contributed by atoms with Crippen molar-refractivity contribution in [2.75, 3.05) is 25.5 Å². The van der Waals surface area contributed by atoms with Gasteiger partial charge in [-0.2, -0.15) is 5.10 Å². The van der Waals surface area contributed by atoms with E-state index >= 15 is 0 Å². The van der Waals surface area contributed by atoms with E-state index in [0.29, 0.717) is 16.6 Å². The lowest BCUT2D eigenvalue weighted by molar-refractivity contribution is -0.384. The SMILES string of the molecule is Cc1cc(NC(=O)c2cc([N+](=O)[O-])cc3ccccc23)n(C2CCN(C)CC2)n1. The van der Waals surface area contributed by atoms with E-state index in [2.05, 4.69) is 22.4 Å². The van der Waals surface area contributed by atoms with Gasteiger partial charge in [0.25, 0.3) is 11.6 Å². The number of piperidine rings is 1. The second-order valence-electron chi connectivity index (χ2n) is 7.58. The van der Waals surface area contributed by atoms with E-state index in [1.165, 1.54) is 12.1 Å². The van der Waals surface area contributed by atoms with Crippen LogP contribution in [0.2, 0.25) is 0 Å². The minimum atomic E-state index is -0.476. The van der Waals surface area contributed by atoms with E-state index in [-0.39, 0.29) is 23.2 Å². The Morgan fingerprint density at radius 3 is 2.66 bits per heavy atom. The fourth-order valence-corrected chi connectivity index (χ4v) is 3.90. The molecule has 1 N–H and O–H groups in total. The van der Waals surface area contributed by atoms with Gasteiger partial charge in [0.1, 0.15) is 5.82 Å². The standard InChI is InChI=1S/C21H23N5O3/c1-14-11-20(25(23-14)16-7-9-24(2)10-8-16)22-21(27)19-13-17(26(28)29)12-15-5-3-4-6-18(15)19/h3-6,11-13,16H,7-10H2,1-2H3,(H,22,27). The van der Waals surface area contributed by atoms with Gasteiger partial charge in [0.2, 0.25) is 0 Å². The fraction of sp³-hybridized carbons (Fsp3) is 0.333. The molecule has 8 heteroatoms. The van der Waals surface area contributed by atoms with Gasteiger partial charge in [-0.3, -0.25) is 14.9 Å². The number of carbonyl (C=O) groups excluding carboxylic acids is 1. The topological polar surface area (TPSA) is 93.3 Å². The van der Waals surface area contributed by atoms with Gasteiger partial charge in [-0.05, 0) is 50.7 Å². The molecule has 8 nitrogen and oxygen atoms in total. The maximum absolute atomic E-state index is 13.1. The van der Waals surface area contributed by atoms with Crippen molar-refractivity contribution in [2.45, 2.75) is 25.8 Å². The van der Waals surface area contributed by atoms with Crippen molar-refractivity contribution in [3.63, 3.8) is 0 Å². The first-order valence-corrected chi connectivity index (χ1v) is 9.65. The highest BCUT2D eigenvalue weighted by atomic mass is 16.6. The Balaban J connectivity index is 1.68. The summed E-state index contributed by atoms with van der Waals surface area (Å²) < 4.78 is 1.89. The van der Waals surface area contributed by atoms with Crippen molar-refractivity contribution in [3.05, 3.63) is 63.8 Å². The minimum Gasteiger partial charge on any atom is -0.307 e. The quantitative estimate of drug-likeness (QED) is 0.538. The van der Waals surface area contributed by atoms with Crippen LogP contribution < -0.4 is 5.32 Å². The number of carbonyl (C=O) groups is 1. The molecule has 0 atom stereocenters. The van der Waals surface area contributed by atoms with E-state index in [4.69, 9.17) is 0 Å². The number of anilines is 1. The molecule has 3 aromatic rings. The van der Waals surface area contributed by atoms with Gasteiger partial charge >= 0.3 is 0 Å².